The van der Waals surface area contributed by atoms with E-state index < -0.39 is 17.8 Å². The fourth-order valence-corrected chi connectivity index (χ4v) is 2.95. The summed E-state index contributed by atoms with van der Waals surface area (Å²) in [5.74, 6) is 0.650. The standard InChI is InChI=1S/C15H17F3N2O2S/c1-2-3-8-22-14(21)19-13-20(7-9-23-13)12-6-4-5-11(10-12)15(16,17)18/h4-6,10H,2-3,7-9H2,1H3/b19-13-. The van der Waals surface area contributed by atoms with E-state index in [9.17, 15) is 18.0 Å². The predicted octanol–water partition coefficient (Wildman–Crippen LogP) is 4.55. The van der Waals surface area contributed by atoms with Crippen LogP contribution < -0.4 is 4.90 Å². The highest BCUT2D eigenvalue weighted by Crippen LogP contribution is 2.33. The summed E-state index contributed by atoms with van der Waals surface area (Å²) >= 11 is 1.32. The van der Waals surface area contributed by atoms with Crippen molar-refractivity contribution in [3.05, 3.63) is 29.8 Å². The first-order valence-corrected chi connectivity index (χ1v) is 8.23. The minimum Gasteiger partial charge on any atom is -0.448 e. The van der Waals surface area contributed by atoms with E-state index in [1.807, 2.05) is 6.92 Å². The topological polar surface area (TPSA) is 41.9 Å². The average Bonchev–Trinajstić information content (AvgIpc) is 2.95. The van der Waals surface area contributed by atoms with Gasteiger partial charge in [-0.3, -0.25) is 0 Å². The van der Waals surface area contributed by atoms with Gasteiger partial charge in [-0.15, -0.1) is 0 Å². The fourth-order valence-electron chi connectivity index (χ4n) is 2.00. The second kappa shape index (κ2) is 7.72. The Balaban J connectivity index is 2.14. The molecule has 1 amide bonds. The Hall–Kier alpha value is -1.70. The van der Waals surface area contributed by atoms with Crippen LogP contribution in [-0.2, 0) is 10.9 Å². The van der Waals surface area contributed by atoms with Crippen LogP contribution in [-0.4, -0.2) is 30.2 Å². The van der Waals surface area contributed by atoms with E-state index in [1.165, 1.54) is 17.8 Å². The molecule has 23 heavy (non-hydrogen) atoms. The lowest BCUT2D eigenvalue weighted by molar-refractivity contribution is -0.137. The van der Waals surface area contributed by atoms with Gasteiger partial charge in [-0.25, -0.2) is 4.79 Å². The Morgan fingerprint density at radius 2 is 2.22 bits per heavy atom. The number of benzene rings is 1. The number of ether oxygens (including phenoxy) is 1. The SMILES string of the molecule is CCCCOC(=O)/N=C1\SCCN1c1cccc(C(F)(F)F)c1. The highest BCUT2D eigenvalue weighted by molar-refractivity contribution is 8.14. The zero-order valence-electron chi connectivity index (χ0n) is 12.6. The van der Waals surface area contributed by atoms with Crippen LogP contribution in [0.2, 0.25) is 0 Å². The number of rotatable bonds is 4. The molecule has 1 aromatic rings. The number of thioether (sulfide) groups is 1. The smallest absolute Gasteiger partial charge is 0.436 e. The number of carbonyl (C=O) groups is 1. The largest absolute Gasteiger partial charge is 0.448 e. The summed E-state index contributed by atoms with van der Waals surface area (Å²) in [5, 5.41) is 0.367. The Morgan fingerprint density at radius 1 is 1.43 bits per heavy atom. The number of amides is 1. The number of aliphatic imine (C=N–C) groups is 1. The molecule has 0 saturated carbocycles. The number of anilines is 1. The lowest BCUT2D eigenvalue weighted by Gasteiger charge is -2.19. The molecule has 126 valence electrons. The third-order valence-electron chi connectivity index (χ3n) is 3.17. The van der Waals surface area contributed by atoms with E-state index in [2.05, 4.69) is 4.99 Å². The van der Waals surface area contributed by atoms with Gasteiger partial charge >= 0.3 is 12.3 Å². The van der Waals surface area contributed by atoms with Crippen LogP contribution in [0.5, 0.6) is 0 Å². The fraction of sp³-hybridized carbons (Fsp3) is 0.467. The van der Waals surface area contributed by atoms with Gasteiger partial charge in [0.2, 0.25) is 0 Å². The minimum atomic E-state index is -4.40. The van der Waals surface area contributed by atoms with Crippen molar-refractivity contribution in [2.75, 3.05) is 23.8 Å². The minimum absolute atomic E-state index is 0.292. The molecule has 1 fully saturated rings. The Bertz CT molecular complexity index is 590. The average molecular weight is 346 g/mol. The molecule has 0 unspecified atom stereocenters. The molecular weight excluding hydrogens is 329 g/mol. The van der Waals surface area contributed by atoms with Crippen molar-refractivity contribution in [2.45, 2.75) is 25.9 Å². The van der Waals surface area contributed by atoms with Crippen LogP contribution in [0.3, 0.4) is 0 Å². The van der Waals surface area contributed by atoms with Crippen molar-refractivity contribution in [3.63, 3.8) is 0 Å². The molecule has 0 bridgehead atoms. The summed E-state index contributed by atoms with van der Waals surface area (Å²) in [6.45, 7) is 2.76. The summed E-state index contributed by atoms with van der Waals surface area (Å²) < 4.78 is 43.4. The lowest BCUT2D eigenvalue weighted by atomic mass is 10.2. The third kappa shape index (κ3) is 4.89. The number of amidine groups is 1. The first kappa shape index (κ1) is 17.7. The van der Waals surface area contributed by atoms with Crippen molar-refractivity contribution in [1.29, 1.82) is 0 Å². The number of hydrogen-bond donors (Lipinski definition) is 0. The van der Waals surface area contributed by atoms with Crippen molar-refractivity contribution in [1.82, 2.24) is 0 Å². The van der Waals surface area contributed by atoms with Gasteiger partial charge in [0.1, 0.15) is 0 Å². The molecule has 1 aliphatic rings. The van der Waals surface area contributed by atoms with E-state index in [-0.39, 0.29) is 0 Å². The number of hydrogen-bond acceptors (Lipinski definition) is 3. The molecule has 1 saturated heterocycles. The maximum absolute atomic E-state index is 12.8. The van der Waals surface area contributed by atoms with Gasteiger partial charge < -0.3 is 9.64 Å². The van der Waals surface area contributed by atoms with Gasteiger partial charge in [-0.2, -0.15) is 18.2 Å². The summed E-state index contributed by atoms with van der Waals surface area (Å²) in [5.41, 5.74) is -0.360. The van der Waals surface area contributed by atoms with Crippen molar-refractivity contribution < 1.29 is 22.7 Å². The normalized spacial score (nSPS) is 16.9. The van der Waals surface area contributed by atoms with E-state index >= 15 is 0 Å². The predicted molar refractivity (Wildman–Crippen MR) is 84.9 cm³/mol. The molecule has 0 radical (unpaired) electrons. The molecular formula is C15H17F3N2O2S. The van der Waals surface area contributed by atoms with E-state index in [4.69, 9.17) is 4.74 Å². The molecule has 0 atom stereocenters. The van der Waals surface area contributed by atoms with Gasteiger partial charge in [0.05, 0.1) is 12.2 Å². The zero-order chi connectivity index (χ0) is 16.9. The highest BCUT2D eigenvalue weighted by Gasteiger charge is 2.32. The quantitative estimate of drug-likeness (QED) is 0.750. The molecule has 0 N–H and O–H groups in total. The Morgan fingerprint density at radius 3 is 2.91 bits per heavy atom. The monoisotopic (exact) mass is 346 g/mol. The van der Waals surface area contributed by atoms with E-state index in [0.29, 0.717) is 29.8 Å². The van der Waals surface area contributed by atoms with Crippen LogP contribution in [0.25, 0.3) is 0 Å². The molecule has 0 aliphatic carbocycles. The summed E-state index contributed by atoms with van der Waals surface area (Å²) in [6, 6.07) is 4.99. The van der Waals surface area contributed by atoms with Gasteiger partial charge in [0.25, 0.3) is 0 Å². The van der Waals surface area contributed by atoms with Crippen molar-refractivity contribution in [3.8, 4) is 0 Å². The summed E-state index contributed by atoms with van der Waals surface area (Å²) in [4.78, 5) is 17.1. The van der Waals surface area contributed by atoms with Crippen LogP contribution in [0, 0.1) is 0 Å². The van der Waals surface area contributed by atoms with Crippen LogP contribution >= 0.6 is 11.8 Å². The molecule has 1 aromatic carbocycles. The number of unbranched alkanes of at least 4 members (excludes halogenated alkanes) is 1. The molecule has 4 nitrogen and oxygen atoms in total. The van der Waals surface area contributed by atoms with Gasteiger partial charge in [0, 0.05) is 18.0 Å². The van der Waals surface area contributed by atoms with Crippen molar-refractivity contribution in [2.24, 2.45) is 4.99 Å². The number of nitrogens with zero attached hydrogens (tertiary/aromatic N) is 2. The number of alkyl halides is 3. The molecule has 2 rings (SSSR count). The summed E-state index contributed by atoms with van der Waals surface area (Å²) in [7, 11) is 0. The molecule has 8 heteroatoms. The third-order valence-corrected chi connectivity index (χ3v) is 4.13. The maximum atomic E-state index is 12.8. The van der Waals surface area contributed by atoms with Crippen molar-refractivity contribution >= 4 is 28.7 Å². The van der Waals surface area contributed by atoms with Gasteiger partial charge in [-0.1, -0.05) is 31.2 Å². The molecule has 0 spiro atoms. The summed E-state index contributed by atoms with van der Waals surface area (Å²) in [6.07, 6.45) is -3.46. The van der Waals surface area contributed by atoms with E-state index in [1.54, 1.807) is 11.0 Å². The first-order chi connectivity index (χ1) is 10.9. The zero-order valence-corrected chi connectivity index (χ0v) is 13.4. The number of halogens is 3. The molecule has 1 heterocycles. The van der Waals surface area contributed by atoms with Gasteiger partial charge in [0.15, 0.2) is 5.17 Å². The Kier molecular flexibility index (Phi) is 5.92. The lowest BCUT2D eigenvalue weighted by Crippen LogP contribution is -2.25. The van der Waals surface area contributed by atoms with Crippen LogP contribution in [0.1, 0.15) is 25.3 Å². The van der Waals surface area contributed by atoms with E-state index in [0.717, 1.165) is 25.0 Å². The molecule has 0 aromatic heterocycles. The number of carbonyl (C=O) groups excluding carboxylic acids is 1. The maximum Gasteiger partial charge on any atom is 0.436 e. The second-order valence-corrected chi connectivity index (χ2v) is 5.97. The highest BCUT2D eigenvalue weighted by atomic mass is 32.2. The first-order valence-electron chi connectivity index (χ1n) is 7.25. The van der Waals surface area contributed by atoms with Crippen LogP contribution in [0.4, 0.5) is 23.7 Å². The van der Waals surface area contributed by atoms with Crippen LogP contribution in [0.15, 0.2) is 29.3 Å². The molecule has 1 aliphatic heterocycles. The Labute approximate surface area is 136 Å². The second-order valence-electron chi connectivity index (χ2n) is 4.91. The van der Waals surface area contributed by atoms with Gasteiger partial charge in [-0.05, 0) is 24.6 Å².